The monoisotopic (exact) mass is 313 g/mol. The fourth-order valence-corrected chi connectivity index (χ4v) is 2.95. The van der Waals surface area contributed by atoms with Crippen LogP contribution in [0.25, 0.3) is 11.5 Å². The Morgan fingerprint density at radius 2 is 2.09 bits per heavy atom. The van der Waals surface area contributed by atoms with Gasteiger partial charge in [-0.2, -0.15) is 0 Å². The van der Waals surface area contributed by atoms with E-state index >= 15 is 0 Å². The molecule has 0 spiro atoms. The summed E-state index contributed by atoms with van der Waals surface area (Å²) in [4.78, 5) is 31.1. The minimum atomic E-state index is -0.383. The normalized spacial score (nSPS) is 18.4. The molecule has 6 heteroatoms. The molecule has 0 radical (unpaired) electrons. The number of nitrogens with one attached hydrogen (secondary N) is 1. The van der Waals surface area contributed by atoms with Gasteiger partial charge in [0.1, 0.15) is 5.69 Å². The summed E-state index contributed by atoms with van der Waals surface area (Å²) in [6.07, 6.45) is 7.16. The number of aromatic nitrogens is 4. The van der Waals surface area contributed by atoms with Crippen molar-refractivity contribution in [3.63, 3.8) is 0 Å². The van der Waals surface area contributed by atoms with Crippen molar-refractivity contribution in [2.75, 3.05) is 6.54 Å². The Hall–Kier alpha value is -2.24. The van der Waals surface area contributed by atoms with E-state index in [0.29, 0.717) is 11.5 Å². The SMILES string of the molecule is Cc1cnc(-c2cncc(C3CCCN3C(=O)C(C)(C)C)n2)[nH]1. The molecule has 0 aliphatic carbocycles. The summed E-state index contributed by atoms with van der Waals surface area (Å²) in [5, 5.41) is 0. The van der Waals surface area contributed by atoms with Crippen LogP contribution >= 0.6 is 0 Å². The minimum Gasteiger partial charge on any atom is -0.341 e. The van der Waals surface area contributed by atoms with Gasteiger partial charge in [0, 0.05) is 23.9 Å². The Bertz CT molecular complexity index is 716. The number of aromatic amines is 1. The van der Waals surface area contributed by atoms with Gasteiger partial charge in [-0.15, -0.1) is 0 Å². The van der Waals surface area contributed by atoms with E-state index in [0.717, 1.165) is 30.8 Å². The summed E-state index contributed by atoms with van der Waals surface area (Å²) >= 11 is 0. The number of carbonyl (C=O) groups is 1. The molecular weight excluding hydrogens is 290 g/mol. The summed E-state index contributed by atoms with van der Waals surface area (Å²) in [5.41, 5.74) is 2.15. The molecule has 6 nitrogen and oxygen atoms in total. The van der Waals surface area contributed by atoms with E-state index in [2.05, 4.69) is 15.0 Å². The van der Waals surface area contributed by atoms with Gasteiger partial charge in [0.25, 0.3) is 0 Å². The molecule has 122 valence electrons. The van der Waals surface area contributed by atoms with E-state index in [4.69, 9.17) is 4.98 Å². The molecule has 1 atom stereocenters. The third-order valence-electron chi connectivity index (χ3n) is 4.10. The zero-order valence-electron chi connectivity index (χ0n) is 14.1. The lowest BCUT2D eigenvalue weighted by Gasteiger charge is -2.30. The van der Waals surface area contributed by atoms with E-state index in [1.54, 1.807) is 18.6 Å². The Labute approximate surface area is 136 Å². The first kappa shape index (κ1) is 15.6. The maximum atomic E-state index is 12.7. The Morgan fingerprint density at radius 3 is 2.74 bits per heavy atom. The van der Waals surface area contributed by atoms with Gasteiger partial charge in [-0.25, -0.2) is 9.97 Å². The second kappa shape index (κ2) is 5.76. The standard InChI is InChI=1S/C17H23N5O/c1-11-8-19-15(20-11)13-10-18-9-12(21-13)14-6-5-7-22(14)16(23)17(2,3)4/h8-10,14H,5-7H2,1-4H3,(H,19,20). The molecule has 2 aromatic heterocycles. The number of amides is 1. The topological polar surface area (TPSA) is 74.8 Å². The fourth-order valence-electron chi connectivity index (χ4n) is 2.95. The van der Waals surface area contributed by atoms with Crippen LogP contribution in [0.4, 0.5) is 0 Å². The lowest BCUT2D eigenvalue weighted by molar-refractivity contribution is -0.140. The van der Waals surface area contributed by atoms with Crippen LogP contribution in [0.1, 0.15) is 51.0 Å². The van der Waals surface area contributed by atoms with E-state index in [1.165, 1.54) is 0 Å². The first-order valence-electron chi connectivity index (χ1n) is 8.01. The Kier molecular flexibility index (Phi) is 3.92. The molecule has 1 aliphatic heterocycles. The molecule has 1 aliphatic rings. The third-order valence-corrected chi connectivity index (χ3v) is 4.10. The third kappa shape index (κ3) is 3.11. The van der Waals surface area contributed by atoms with E-state index in [-0.39, 0.29) is 17.4 Å². The molecule has 1 unspecified atom stereocenters. The molecule has 23 heavy (non-hydrogen) atoms. The van der Waals surface area contributed by atoms with E-state index < -0.39 is 0 Å². The van der Waals surface area contributed by atoms with Gasteiger partial charge >= 0.3 is 0 Å². The zero-order valence-corrected chi connectivity index (χ0v) is 14.1. The van der Waals surface area contributed by atoms with E-state index in [1.807, 2.05) is 32.6 Å². The van der Waals surface area contributed by atoms with Crippen LogP contribution in [0.15, 0.2) is 18.6 Å². The molecule has 1 N–H and O–H groups in total. The maximum Gasteiger partial charge on any atom is 0.228 e. The number of hydrogen-bond acceptors (Lipinski definition) is 4. The maximum absolute atomic E-state index is 12.7. The van der Waals surface area contributed by atoms with Gasteiger partial charge < -0.3 is 9.88 Å². The first-order valence-corrected chi connectivity index (χ1v) is 8.01. The van der Waals surface area contributed by atoms with Gasteiger partial charge in [0.2, 0.25) is 5.91 Å². The average Bonchev–Trinajstić information content (AvgIpc) is 3.14. The summed E-state index contributed by atoms with van der Waals surface area (Å²) < 4.78 is 0. The van der Waals surface area contributed by atoms with Crippen LogP contribution in [0.2, 0.25) is 0 Å². The van der Waals surface area contributed by atoms with Gasteiger partial charge in [-0.05, 0) is 19.8 Å². The minimum absolute atomic E-state index is 0.00485. The average molecular weight is 313 g/mol. The second-order valence-electron chi connectivity index (χ2n) is 7.15. The van der Waals surface area contributed by atoms with Crippen LogP contribution < -0.4 is 0 Å². The van der Waals surface area contributed by atoms with Gasteiger partial charge in [0.15, 0.2) is 5.82 Å². The van der Waals surface area contributed by atoms with Crippen LogP contribution in [0.3, 0.4) is 0 Å². The highest BCUT2D eigenvalue weighted by Gasteiger charge is 2.36. The van der Waals surface area contributed by atoms with Crippen molar-refractivity contribution < 1.29 is 4.79 Å². The largest absolute Gasteiger partial charge is 0.341 e. The van der Waals surface area contributed by atoms with Crippen molar-refractivity contribution in [1.29, 1.82) is 0 Å². The number of likely N-dealkylation sites (tertiary alicyclic amines) is 1. The molecule has 3 rings (SSSR count). The molecule has 2 aromatic rings. The van der Waals surface area contributed by atoms with Crippen LogP contribution in [0.5, 0.6) is 0 Å². The summed E-state index contributed by atoms with van der Waals surface area (Å²) in [7, 11) is 0. The first-order chi connectivity index (χ1) is 10.9. The molecular formula is C17H23N5O. The highest BCUT2D eigenvalue weighted by atomic mass is 16.2. The van der Waals surface area contributed by atoms with Crippen molar-refractivity contribution in [1.82, 2.24) is 24.8 Å². The van der Waals surface area contributed by atoms with E-state index in [9.17, 15) is 4.79 Å². The zero-order chi connectivity index (χ0) is 16.6. The van der Waals surface area contributed by atoms with Crippen molar-refractivity contribution in [3.8, 4) is 11.5 Å². The lowest BCUT2D eigenvalue weighted by Crippen LogP contribution is -2.39. The number of rotatable bonds is 2. The molecule has 0 aromatic carbocycles. The second-order valence-corrected chi connectivity index (χ2v) is 7.15. The number of aryl methyl sites for hydroxylation is 1. The van der Waals surface area contributed by atoms with Gasteiger partial charge in [-0.3, -0.25) is 9.78 Å². The number of imidazole rings is 1. The van der Waals surface area contributed by atoms with Crippen molar-refractivity contribution in [2.24, 2.45) is 5.41 Å². The number of H-pyrrole nitrogens is 1. The highest BCUT2D eigenvalue weighted by molar-refractivity contribution is 5.82. The molecule has 1 saturated heterocycles. The Balaban J connectivity index is 1.90. The predicted octanol–water partition coefficient (Wildman–Crippen LogP) is 2.88. The van der Waals surface area contributed by atoms with Crippen LogP contribution in [-0.2, 0) is 4.79 Å². The van der Waals surface area contributed by atoms with Crippen molar-refractivity contribution >= 4 is 5.91 Å². The number of carbonyl (C=O) groups excluding carboxylic acids is 1. The molecule has 0 bridgehead atoms. The lowest BCUT2D eigenvalue weighted by atomic mass is 9.94. The van der Waals surface area contributed by atoms with Gasteiger partial charge in [0.05, 0.1) is 24.1 Å². The van der Waals surface area contributed by atoms with Crippen LogP contribution in [0, 0.1) is 12.3 Å². The number of hydrogen-bond donors (Lipinski definition) is 1. The Morgan fingerprint density at radius 1 is 1.30 bits per heavy atom. The molecule has 1 amide bonds. The number of nitrogens with zero attached hydrogens (tertiary/aromatic N) is 4. The highest BCUT2D eigenvalue weighted by Crippen LogP contribution is 2.34. The summed E-state index contributed by atoms with van der Waals surface area (Å²) in [5.74, 6) is 0.879. The quantitative estimate of drug-likeness (QED) is 0.925. The smallest absolute Gasteiger partial charge is 0.228 e. The summed E-state index contributed by atoms with van der Waals surface area (Å²) in [6, 6.07) is 0.00485. The molecule has 0 saturated carbocycles. The molecule has 1 fully saturated rings. The van der Waals surface area contributed by atoms with Gasteiger partial charge in [-0.1, -0.05) is 20.8 Å². The predicted molar refractivity (Wildman–Crippen MR) is 87.5 cm³/mol. The van der Waals surface area contributed by atoms with Crippen molar-refractivity contribution in [2.45, 2.75) is 46.6 Å². The van der Waals surface area contributed by atoms with Crippen molar-refractivity contribution in [3.05, 3.63) is 30.0 Å². The fraction of sp³-hybridized carbons (Fsp3) is 0.529. The van der Waals surface area contributed by atoms with Crippen LogP contribution in [-0.4, -0.2) is 37.3 Å². The summed E-state index contributed by atoms with van der Waals surface area (Å²) in [6.45, 7) is 8.61. The molecule has 3 heterocycles.